The van der Waals surface area contributed by atoms with Gasteiger partial charge in [-0.2, -0.15) is 0 Å². The Morgan fingerprint density at radius 3 is 2.19 bits per heavy atom. The highest BCUT2D eigenvalue weighted by Crippen LogP contribution is 2.46. The van der Waals surface area contributed by atoms with Gasteiger partial charge in [0.05, 0.1) is 0 Å². The Kier molecular flexibility index (Phi) is 6.22. The van der Waals surface area contributed by atoms with Crippen LogP contribution in [0.5, 0.6) is 0 Å². The van der Waals surface area contributed by atoms with Crippen LogP contribution >= 0.6 is 11.3 Å². The third-order valence-corrected chi connectivity index (χ3v) is 10.8. The summed E-state index contributed by atoms with van der Waals surface area (Å²) >= 11 is 1.85. The molecule has 0 amide bonds. The van der Waals surface area contributed by atoms with Gasteiger partial charge in [0, 0.05) is 53.2 Å². The third kappa shape index (κ3) is 4.36. The summed E-state index contributed by atoms with van der Waals surface area (Å²) in [4.78, 5) is 5.16. The van der Waals surface area contributed by atoms with E-state index in [1.54, 1.807) is 0 Å². The minimum absolute atomic E-state index is 0.228. The van der Waals surface area contributed by atoms with Crippen molar-refractivity contribution >= 4 is 70.1 Å². The summed E-state index contributed by atoms with van der Waals surface area (Å²) in [5.41, 5.74) is 7.35. The fraction of sp³-hybridized carbons (Fsp3) is 0.0465. The van der Waals surface area contributed by atoms with Gasteiger partial charge < -0.3 is 9.73 Å². The van der Waals surface area contributed by atoms with Gasteiger partial charge in [-0.25, -0.2) is 4.99 Å². The second-order valence-electron chi connectivity index (χ2n) is 12.4. The van der Waals surface area contributed by atoms with Crippen LogP contribution in [0.2, 0.25) is 0 Å². The van der Waals surface area contributed by atoms with E-state index in [4.69, 9.17) is 9.41 Å². The molecule has 0 bridgehead atoms. The van der Waals surface area contributed by atoms with E-state index < -0.39 is 0 Å². The zero-order valence-corrected chi connectivity index (χ0v) is 26.7. The highest BCUT2D eigenvalue weighted by molar-refractivity contribution is 7.26. The summed E-state index contributed by atoms with van der Waals surface area (Å²) < 4.78 is 9.51. The van der Waals surface area contributed by atoms with Crippen molar-refractivity contribution in [3.8, 4) is 11.1 Å². The van der Waals surface area contributed by atoms with Gasteiger partial charge in [0.25, 0.3) is 0 Å². The number of thiophene rings is 1. The number of benzene rings is 7. The van der Waals surface area contributed by atoms with E-state index in [2.05, 4.69) is 150 Å². The number of amidine groups is 1. The molecule has 3 heterocycles. The molecule has 9 aromatic rings. The van der Waals surface area contributed by atoms with Gasteiger partial charge in [-0.05, 0) is 34.5 Å². The second-order valence-corrected chi connectivity index (χ2v) is 13.4. The molecule has 0 radical (unpaired) electrons. The molecule has 48 heavy (non-hydrogen) atoms. The molecule has 0 spiro atoms. The van der Waals surface area contributed by atoms with Gasteiger partial charge in [0.2, 0.25) is 0 Å². The quantitative estimate of drug-likeness (QED) is 0.202. The summed E-state index contributed by atoms with van der Waals surface area (Å²) in [5.74, 6) is 0.860. The first-order valence-corrected chi connectivity index (χ1v) is 17.1. The van der Waals surface area contributed by atoms with E-state index in [0.29, 0.717) is 0 Å². The minimum Gasteiger partial charge on any atom is -0.455 e. The molecule has 0 fully saturated rings. The summed E-state index contributed by atoms with van der Waals surface area (Å²) in [5, 5.41) is 14.7. The Bertz CT molecular complexity index is 2690. The van der Waals surface area contributed by atoms with Gasteiger partial charge in [0.1, 0.15) is 29.3 Å². The lowest BCUT2D eigenvalue weighted by Gasteiger charge is -2.32. The average molecular weight is 636 g/mol. The first kappa shape index (κ1) is 27.4. The maximum Gasteiger partial charge on any atom is 0.143 e. The molecule has 5 heteroatoms. The van der Waals surface area contributed by atoms with Crippen LogP contribution in [0.3, 0.4) is 0 Å². The van der Waals surface area contributed by atoms with E-state index in [1.165, 1.54) is 31.1 Å². The van der Waals surface area contributed by atoms with Crippen molar-refractivity contribution in [2.24, 2.45) is 4.99 Å². The molecule has 4 nitrogen and oxygen atoms in total. The number of hydrogen-bond acceptors (Lipinski definition) is 5. The number of nitrogens with zero attached hydrogens (tertiary/aromatic N) is 1. The smallest absolute Gasteiger partial charge is 0.143 e. The Balaban J connectivity index is 1.23. The van der Waals surface area contributed by atoms with Crippen LogP contribution in [-0.4, -0.2) is 5.84 Å². The predicted molar refractivity (Wildman–Crippen MR) is 201 cm³/mol. The van der Waals surface area contributed by atoms with Gasteiger partial charge in [-0.1, -0.05) is 133 Å². The number of fused-ring (bicyclic) bond motifs is 7. The van der Waals surface area contributed by atoms with Crippen molar-refractivity contribution in [3.63, 3.8) is 0 Å². The third-order valence-electron chi connectivity index (χ3n) is 9.55. The number of rotatable bonds is 4. The van der Waals surface area contributed by atoms with E-state index in [1.807, 2.05) is 23.5 Å². The lowest BCUT2D eigenvalue weighted by molar-refractivity contribution is 0.411. The highest BCUT2D eigenvalue weighted by Gasteiger charge is 2.29. The molecular weight excluding hydrogens is 607 g/mol. The molecular formula is C43H29N3OS. The minimum atomic E-state index is -0.230. The Morgan fingerprint density at radius 2 is 1.33 bits per heavy atom. The summed E-state index contributed by atoms with van der Waals surface area (Å²) in [6.45, 7) is 0. The molecule has 228 valence electrons. The molecule has 1 aliphatic heterocycles. The van der Waals surface area contributed by atoms with Crippen molar-refractivity contribution in [2.45, 2.75) is 12.3 Å². The second kappa shape index (κ2) is 10.9. The molecule has 2 N–H and O–H groups in total. The van der Waals surface area contributed by atoms with E-state index >= 15 is 0 Å². The molecule has 2 atom stereocenters. The first-order valence-electron chi connectivity index (χ1n) is 16.3. The summed E-state index contributed by atoms with van der Waals surface area (Å²) in [7, 11) is 0. The maximum absolute atomic E-state index is 6.94. The average Bonchev–Trinajstić information content (AvgIpc) is 3.73. The molecule has 2 unspecified atom stereocenters. The number of aliphatic imine (C=N–C) groups is 1. The molecule has 2 aromatic heterocycles. The molecule has 7 aromatic carbocycles. The molecule has 1 aliphatic rings. The van der Waals surface area contributed by atoms with Gasteiger partial charge in [-0.15, -0.1) is 11.3 Å². The lowest BCUT2D eigenvalue weighted by atomic mass is 9.95. The number of hydrogen-bond donors (Lipinski definition) is 2. The predicted octanol–water partition coefficient (Wildman–Crippen LogP) is 11.1. The first-order chi connectivity index (χ1) is 23.8. The van der Waals surface area contributed by atoms with E-state index in [9.17, 15) is 0 Å². The fourth-order valence-corrected chi connectivity index (χ4v) is 8.50. The summed E-state index contributed by atoms with van der Waals surface area (Å²) in [6.07, 6.45) is -0.458. The van der Waals surface area contributed by atoms with Crippen molar-refractivity contribution < 1.29 is 4.42 Å². The maximum atomic E-state index is 6.94. The Morgan fingerprint density at radius 1 is 0.604 bits per heavy atom. The monoisotopic (exact) mass is 635 g/mol. The van der Waals surface area contributed by atoms with Crippen LogP contribution < -0.4 is 10.6 Å². The van der Waals surface area contributed by atoms with Crippen molar-refractivity contribution in [2.75, 3.05) is 0 Å². The standard InChI is InChI=1S/C43H29N3OS/c1-3-12-26(13-4-1)41-44-42(27-14-5-2-6-15-27)46-43(45-41)34-23-22-31(33-20-11-19-32-30-18-9-10-21-37(30)48-40(32)33)39-38(34)35-24-28-16-7-8-17-29(28)25-36(35)47-39/h1-25,41,43,45H,(H,44,46). The van der Waals surface area contributed by atoms with E-state index in [-0.39, 0.29) is 12.3 Å². The fourth-order valence-electron chi connectivity index (χ4n) is 7.27. The van der Waals surface area contributed by atoms with Gasteiger partial charge >= 0.3 is 0 Å². The van der Waals surface area contributed by atoms with Crippen LogP contribution in [0.25, 0.3) is 64.0 Å². The van der Waals surface area contributed by atoms with Crippen molar-refractivity contribution in [3.05, 3.63) is 168 Å². The SMILES string of the molecule is c1ccc(C2=NC(c3ccccc3)NC(c3ccc(-c4cccc5c4sc4ccccc45)c4oc5cc6ccccc6cc5c34)N2)cc1. The van der Waals surface area contributed by atoms with E-state index in [0.717, 1.165) is 55.4 Å². The van der Waals surface area contributed by atoms with Crippen molar-refractivity contribution in [1.82, 2.24) is 10.6 Å². The lowest BCUT2D eigenvalue weighted by Crippen LogP contribution is -2.45. The Hall–Kier alpha value is -5.75. The van der Waals surface area contributed by atoms with Gasteiger partial charge in [0.15, 0.2) is 0 Å². The van der Waals surface area contributed by atoms with Crippen molar-refractivity contribution in [1.29, 1.82) is 0 Å². The number of furan rings is 1. The van der Waals surface area contributed by atoms with Gasteiger partial charge in [-0.3, -0.25) is 5.32 Å². The largest absolute Gasteiger partial charge is 0.455 e. The van der Waals surface area contributed by atoms with Crippen LogP contribution in [0.1, 0.15) is 29.0 Å². The normalized spacial score (nSPS) is 16.5. The highest BCUT2D eigenvalue weighted by atomic mass is 32.1. The zero-order chi connectivity index (χ0) is 31.6. The van der Waals surface area contributed by atoms with Crippen LogP contribution in [0.15, 0.2) is 161 Å². The van der Waals surface area contributed by atoms with Crippen LogP contribution in [0, 0.1) is 0 Å². The molecule has 0 saturated heterocycles. The molecule has 0 saturated carbocycles. The molecule has 10 rings (SSSR count). The number of nitrogens with one attached hydrogen (secondary N) is 2. The zero-order valence-electron chi connectivity index (χ0n) is 25.9. The molecule has 0 aliphatic carbocycles. The Labute approximate surface area is 281 Å². The van der Waals surface area contributed by atoms with Crippen LogP contribution in [0.4, 0.5) is 0 Å². The topological polar surface area (TPSA) is 49.6 Å². The van der Waals surface area contributed by atoms with Crippen LogP contribution in [-0.2, 0) is 0 Å². The summed E-state index contributed by atoms with van der Waals surface area (Å²) in [6, 6.07) is 53.7.